The van der Waals surface area contributed by atoms with E-state index in [1.54, 1.807) is 31.4 Å². The lowest BCUT2D eigenvalue weighted by Gasteiger charge is -2.02. The van der Waals surface area contributed by atoms with E-state index in [9.17, 15) is 10.1 Å². The molecule has 134 valence electrons. The van der Waals surface area contributed by atoms with Crippen molar-refractivity contribution < 1.29 is 18.7 Å². The molecule has 1 heterocycles. The molecule has 0 aliphatic carbocycles. The Balaban J connectivity index is 1.64. The molecule has 2 aromatic carbocycles. The highest BCUT2D eigenvalue weighted by Gasteiger charge is 2.14. The quantitative estimate of drug-likeness (QED) is 0.377. The molecule has 0 fully saturated rings. The Kier molecular flexibility index (Phi) is 5.60. The Hall–Kier alpha value is -3.92. The van der Waals surface area contributed by atoms with E-state index in [2.05, 4.69) is 10.2 Å². The zero-order chi connectivity index (χ0) is 19.1. The Bertz CT molecular complexity index is 986. The first-order chi connectivity index (χ1) is 13.2. The molecule has 27 heavy (non-hydrogen) atoms. The van der Waals surface area contributed by atoms with Crippen LogP contribution in [0.3, 0.4) is 0 Å². The fraction of sp³-hybridized carbons (Fsp3) is 0.100. The molecule has 0 radical (unpaired) electrons. The average molecular weight is 361 g/mol. The third kappa shape index (κ3) is 4.58. The van der Waals surface area contributed by atoms with Crippen LogP contribution in [-0.4, -0.2) is 23.3 Å². The number of carbonyl (C=O) groups excluding carboxylic acids is 1. The van der Waals surface area contributed by atoms with Crippen molar-refractivity contribution in [3.63, 3.8) is 0 Å². The van der Waals surface area contributed by atoms with Gasteiger partial charge in [-0.05, 0) is 35.9 Å². The van der Waals surface area contributed by atoms with E-state index < -0.39 is 5.97 Å². The van der Waals surface area contributed by atoms with Gasteiger partial charge >= 0.3 is 5.97 Å². The molecule has 0 N–H and O–H groups in total. The predicted molar refractivity (Wildman–Crippen MR) is 96.1 cm³/mol. The fourth-order valence-electron chi connectivity index (χ4n) is 2.22. The molecule has 0 saturated carbocycles. The summed E-state index contributed by atoms with van der Waals surface area (Å²) in [6, 6.07) is 18.0. The summed E-state index contributed by atoms with van der Waals surface area (Å²) in [5.41, 5.74) is 1.30. The van der Waals surface area contributed by atoms with Crippen molar-refractivity contribution in [1.29, 1.82) is 5.26 Å². The second-order valence-corrected chi connectivity index (χ2v) is 5.39. The largest absolute Gasteiger partial charge is 0.497 e. The van der Waals surface area contributed by atoms with Gasteiger partial charge in [0.25, 0.3) is 5.89 Å². The lowest BCUT2D eigenvalue weighted by atomic mass is 10.1. The van der Waals surface area contributed by atoms with Crippen molar-refractivity contribution in [2.24, 2.45) is 0 Å². The van der Waals surface area contributed by atoms with Crippen LogP contribution < -0.4 is 4.74 Å². The standard InChI is InChI=1S/C20H15N3O4/c1-25-17-9-7-14(8-10-17)11-16(12-21)20(24)26-13-18-22-23-19(27-18)15-5-3-2-4-6-15/h2-11H,13H2,1H3/b16-11+. The molecule has 0 spiro atoms. The van der Waals surface area contributed by atoms with Crippen LogP contribution in [0.2, 0.25) is 0 Å². The topological polar surface area (TPSA) is 98.2 Å². The molecular formula is C20H15N3O4. The van der Waals surface area contributed by atoms with Gasteiger partial charge in [-0.15, -0.1) is 10.2 Å². The first-order valence-corrected chi connectivity index (χ1v) is 8.00. The maximum absolute atomic E-state index is 12.1. The molecule has 7 heteroatoms. The van der Waals surface area contributed by atoms with Crippen molar-refractivity contribution in [2.75, 3.05) is 7.11 Å². The minimum absolute atomic E-state index is 0.136. The van der Waals surface area contributed by atoms with Gasteiger partial charge in [-0.1, -0.05) is 30.3 Å². The lowest BCUT2D eigenvalue weighted by Crippen LogP contribution is -2.07. The van der Waals surface area contributed by atoms with Gasteiger partial charge in [0.05, 0.1) is 7.11 Å². The summed E-state index contributed by atoms with van der Waals surface area (Å²) in [6.45, 7) is -0.222. The van der Waals surface area contributed by atoms with E-state index in [4.69, 9.17) is 13.9 Å². The number of methoxy groups -OCH3 is 1. The third-order valence-corrected chi connectivity index (χ3v) is 3.58. The number of aromatic nitrogens is 2. The van der Waals surface area contributed by atoms with Crippen LogP contribution in [0.25, 0.3) is 17.5 Å². The minimum Gasteiger partial charge on any atom is -0.497 e. The van der Waals surface area contributed by atoms with E-state index in [0.717, 1.165) is 5.56 Å². The van der Waals surface area contributed by atoms with Crippen LogP contribution in [0.4, 0.5) is 0 Å². The van der Waals surface area contributed by atoms with Gasteiger partial charge in [-0.3, -0.25) is 0 Å². The molecule has 3 aromatic rings. The maximum atomic E-state index is 12.1. The average Bonchev–Trinajstić information content (AvgIpc) is 3.20. The van der Waals surface area contributed by atoms with Crippen LogP contribution >= 0.6 is 0 Å². The second kappa shape index (κ2) is 8.45. The first kappa shape index (κ1) is 17.9. The number of rotatable bonds is 6. The summed E-state index contributed by atoms with van der Waals surface area (Å²) in [5.74, 6) is 0.381. The monoisotopic (exact) mass is 361 g/mol. The number of nitriles is 1. The normalized spacial score (nSPS) is 10.9. The van der Waals surface area contributed by atoms with E-state index in [1.165, 1.54) is 6.08 Å². The molecule has 0 saturated heterocycles. The molecule has 0 aliphatic heterocycles. The molecule has 0 bridgehead atoms. The smallest absolute Gasteiger partial charge is 0.349 e. The van der Waals surface area contributed by atoms with Crippen LogP contribution in [0.1, 0.15) is 11.5 Å². The van der Waals surface area contributed by atoms with E-state index >= 15 is 0 Å². The van der Waals surface area contributed by atoms with Crippen molar-refractivity contribution in [1.82, 2.24) is 10.2 Å². The number of benzene rings is 2. The van der Waals surface area contributed by atoms with Crippen molar-refractivity contribution in [2.45, 2.75) is 6.61 Å². The van der Waals surface area contributed by atoms with Gasteiger partial charge in [-0.25, -0.2) is 4.79 Å². The van der Waals surface area contributed by atoms with Gasteiger partial charge in [-0.2, -0.15) is 5.26 Å². The summed E-state index contributed by atoms with van der Waals surface area (Å²) in [6.07, 6.45) is 1.44. The number of ether oxygens (including phenoxy) is 2. The Morgan fingerprint density at radius 1 is 1.15 bits per heavy atom. The van der Waals surface area contributed by atoms with Crippen LogP contribution in [0.15, 0.2) is 64.6 Å². The fourth-order valence-corrected chi connectivity index (χ4v) is 2.22. The number of carbonyl (C=O) groups is 1. The summed E-state index contributed by atoms with van der Waals surface area (Å²) in [7, 11) is 1.56. The first-order valence-electron chi connectivity index (χ1n) is 8.00. The molecule has 0 amide bonds. The summed E-state index contributed by atoms with van der Waals surface area (Å²) >= 11 is 0. The molecule has 1 aromatic heterocycles. The molecule has 0 atom stereocenters. The molecule has 3 rings (SSSR count). The van der Waals surface area contributed by atoms with E-state index in [0.29, 0.717) is 17.2 Å². The summed E-state index contributed by atoms with van der Waals surface area (Å²) < 4.78 is 15.6. The van der Waals surface area contributed by atoms with Gasteiger partial charge in [0.1, 0.15) is 17.4 Å². The number of hydrogen-bond acceptors (Lipinski definition) is 7. The molecule has 0 aliphatic rings. The van der Waals surface area contributed by atoms with Crippen molar-refractivity contribution in [3.8, 4) is 23.3 Å². The van der Waals surface area contributed by atoms with Crippen LogP contribution in [0.5, 0.6) is 5.75 Å². The zero-order valence-electron chi connectivity index (χ0n) is 14.5. The van der Waals surface area contributed by atoms with Gasteiger partial charge in [0, 0.05) is 5.56 Å². The summed E-state index contributed by atoms with van der Waals surface area (Å²) in [4.78, 5) is 12.1. The van der Waals surface area contributed by atoms with Gasteiger partial charge < -0.3 is 13.9 Å². The predicted octanol–water partition coefficient (Wildman–Crippen LogP) is 3.40. The van der Waals surface area contributed by atoms with E-state index in [1.807, 2.05) is 36.4 Å². The molecular weight excluding hydrogens is 346 g/mol. The number of hydrogen-bond donors (Lipinski definition) is 0. The minimum atomic E-state index is -0.771. The van der Waals surface area contributed by atoms with Crippen molar-refractivity contribution in [3.05, 3.63) is 71.6 Å². The number of nitrogens with zero attached hydrogens (tertiary/aromatic N) is 3. The van der Waals surface area contributed by atoms with Crippen LogP contribution in [-0.2, 0) is 16.1 Å². The lowest BCUT2D eigenvalue weighted by molar-refractivity contribution is -0.140. The second-order valence-electron chi connectivity index (χ2n) is 5.39. The highest BCUT2D eigenvalue weighted by molar-refractivity contribution is 5.97. The maximum Gasteiger partial charge on any atom is 0.349 e. The molecule has 0 unspecified atom stereocenters. The number of esters is 1. The summed E-state index contributed by atoms with van der Waals surface area (Å²) in [5, 5.41) is 17.0. The molecule has 7 nitrogen and oxygen atoms in total. The van der Waals surface area contributed by atoms with E-state index in [-0.39, 0.29) is 18.1 Å². The highest BCUT2D eigenvalue weighted by atomic mass is 16.5. The highest BCUT2D eigenvalue weighted by Crippen LogP contribution is 2.18. The van der Waals surface area contributed by atoms with Gasteiger partial charge in [0.2, 0.25) is 5.89 Å². The zero-order valence-corrected chi connectivity index (χ0v) is 14.5. The SMILES string of the molecule is COc1ccc(/C=C(\C#N)C(=O)OCc2nnc(-c3ccccc3)o2)cc1. The Labute approximate surface area is 155 Å². The van der Waals surface area contributed by atoms with Gasteiger partial charge in [0.15, 0.2) is 6.61 Å². The van der Waals surface area contributed by atoms with Crippen LogP contribution in [0, 0.1) is 11.3 Å². The Morgan fingerprint density at radius 3 is 2.56 bits per heavy atom. The van der Waals surface area contributed by atoms with Crippen molar-refractivity contribution >= 4 is 12.0 Å². The Morgan fingerprint density at radius 2 is 1.89 bits per heavy atom. The third-order valence-electron chi connectivity index (χ3n) is 3.58.